The van der Waals surface area contributed by atoms with Gasteiger partial charge >= 0.3 is 5.92 Å². The smallest absolute Gasteiger partial charge is 0.303 e. The number of hydrogen-bond donors (Lipinski definition) is 1. The van der Waals surface area contributed by atoms with E-state index in [2.05, 4.69) is 20.3 Å². The Morgan fingerprint density at radius 2 is 2.07 bits per heavy atom. The van der Waals surface area contributed by atoms with E-state index in [0.717, 1.165) is 30.7 Å². The highest BCUT2D eigenvalue weighted by Crippen LogP contribution is 2.40. The van der Waals surface area contributed by atoms with Gasteiger partial charge in [-0.15, -0.1) is 0 Å². The van der Waals surface area contributed by atoms with E-state index >= 15 is 0 Å². The fraction of sp³-hybridized carbons (Fsp3) is 0.368. The standard InChI is InChI=1S/C19H19F2N5OS/c1-10-6-15(25-18(23-10)19(3,20)21)14-9-26(28-12-4-5-12)16-8-22-17(7-13(14)16)24-11(2)27/h6-9,12H,4-5H2,1-3H3,(H,22,24,27). The first kappa shape index (κ1) is 18.8. The van der Waals surface area contributed by atoms with Gasteiger partial charge < -0.3 is 5.32 Å². The minimum atomic E-state index is -3.13. The van der Waals surface area contributed by atoms with Gasteiger partial charge in [0.05, 0.1) is 17.4 Å². The van der Waals surface area contributed by atoms with Crippen molar-refractivity contribution in [2.75, 3.05) is 5.32 Å². The van der Waals surface area contributed by atoms with Crippen molar-refractivity contribution in [2.45, 2.75) is 44.8 Å². The van der Waals surface area contributed by atoms with Crippen LogP contribution in [0.15, 0.2) is 24.5 Å². The first-order valence-corrected chi connectivity index (χ1v) is 9.74. The average Bonchev–Trinajstić information content (AvgIpc) is 3.34. The summed E-state index contributed by atoms with van der Waals surface area (Å²) in [5.74, 6) is -3.47. The minimum Gasteiger partial charge on any atom is -0.311 e. The lowest BCUT2D eigenvalue weighted by molar-refractivity contribution is -0.114. The molecule has 0 aromatic carbocycles. The summed E-state index contributed by atoms with van der Waals surface area (Å²) in [5.41, 5.74) is 2.44. The van der Waals surface area contributed by atoms with Crippen LogP contribution in [0.2, 0.25) is 0 Å². The SMILES string of the molecule is CC(=O)Nc1cc2c(-c3cc(C)nc(C(C)(F)F)n3)cn(SC3CC3)c2cn1. The van der Waals surface area contributed by atoms with E-state index < -0.39 is 11.7 Å². The highest BCUT2D eigenvalue weighted by atomic mass is 32.2. The van der Waals surface area contributed by atoms with Gasteiger partial charge in [-0.25, -0.2) is 15.0 Å². The van der Waals surface area contributed by atoms with Crippen LogP contribution in [0.3, 0.4) is 0 Å². The fourth-order valence-corrected chi connectivity index (χ4v) is 3.97. The number of halogens is 2. The molecule has 1 aliphatic rings. The maximum absolute atomic E-state index is 13.8. The molecule has 0 radical (unpaired) electrons. The molecule has 0 spiro atoms. The van der Waals surface area contributed by atoms with Crippen LogP contribution in [0.5, 0.6) is 0 Å². The number of carbonyl (C=O) groups excluding carboxylic acids is 1. The van der Waals surface area contributed by atoms with Crippen LogP contribution >= 0.6 is 11.9 Å². The Morgan fingerprint density at radius 3 is 2.71 bits per heavy atom. The van der Waals surface area contributed by atoms with Crippen molar-refractivity contribution in [1.82, 2.24) is 18.9 Å². The van der Waals surface area contributed by atoms with Crippen LogP contribution in [-0.4, -0.2) is 30.1 Å². The molecule has 3 aromatic rings. The van der Waals surface area contributed by atoms with Gasteiger partial charge in [-0.1, -0.05) is 0 Å². The summed E-state index contributed by atoms with van der Waals surface area (Å²) in [6.07, 6.45) is 5.88. The van der Waals surface area contributed by atoms with Gasteiger partial charge in [-0.3, -0.25) is 8.77 Å². The molecule has 28 heavy (non-hydrogen) atoms. The molecule has 3 heterocycles. The van der Waals surface area contributed by atoms with Gasteiger partial charge in [0.25, 0.3) is 0 Å². The number of aromatic nitrogens is 4. The molecular weight excluding hydrogens is 384 g/mol. The lowest BCUT2D eigenvalue weighted by Gasteiger charge is -2.11. The molecule has 0 saturated heterocycles. The number of hydrogen-bond acceptors (Lipinski definition) is 5. The number of fused-ring (bicyclic) bond motifs is 1. The van der Waals surface area contributed by atoms with Crippen molar-refractivity contribution in [1.29, 1.82) is 0 Å². The number of nitrogens with zero attached hydrogens (tertiary/aromatic N) is 4. The molecule has 1 saturated carbocycles. The molecule has 0 unspecified atom stereocenters. The van der Waals surface area contributed by atoms with Crippen LogP contribution in [0.1, 0.15) is 38.2 Å². The second kappa shape index (κ2) is 6.80. The number of rotatable bonds is 5. The Bertz CT molecular complexity index is 1070. The zero-order valence-electron chi connectivity index (χ0n) is 15.7. The normalized spacial score (nSPS) is 14.5. The summed E-state index contributed by atoms with van der Waals surface area (Å²) < 4.78 is 29.7. The van der Waals surface area contributed by atoms with Gasteiger partial charge in [0.1, 0.15) is 5.82 Å². The molecule has 4 rings (SSSR count). The summed E-state index contributed by atoms with van der Waals surface area (Å²) in [4.78, 5) is 23.7. The van der Waals surface area contributed by atoms with Crippen LogP contribution in [0, 0.1) is 6.92 Å². The van der Waals surface area contributed by atoms with E-state index in [1.165, 1.54) is 6.92 Å². The van der Waals surface area contributed by atoms with E-state index in [9.17, 15) is 13.6 Å². The van der Waals surface area contributed by atoms with Gasteiger partial charge in [-0.05, 0) is 43.8 Å². The number of anilines is 1. The van der Waals surface area contributed by atoms with Crippen molar-refractivity contribution in [3.63, 3.8) is 0 Å². The predicted molar refractivity (Wildman–Crippen MR) is 105 cm³/mol. The largest absolute Gasteiger partial charge is 0.311 e. The van der Waals surface area contributed by atoms with Crippen LogP contribution in [-0.2, 0) is 10.7 Å². The van der Waals surface area contributed by atoms with Gasteiger partial charge in [0.2, 0.25) is 5.91 Å². The molecule has 3 aromatic heterocycles. The summed E-state index contributed by atoms with van der Waals surface area (Å²) in [5, 5.41) is 4.00. The number of aryl methyl sites for hydroxylation is 1. The Morgan fingerprint density at radius 1 is 1.32 bits per heavy atom. The molecule has 0 aliphatic heterocycles. The maximum atomic E-state index is 13.8. The Balaban J connectivity index is 1.89. The third kappa shape index (κ3) is 3.84. The third-order valence-corrected chi connectivity index (χ3v) is 5.57. The Labute approximate surface area is 164 Å². The Kier molecular flexibility index (Phi) is 4.57. The first-order chi connectivity index (χ1) is 13.2. The number of carbonyl (C=O) groups is 1. The molecule has 1 N–H and O–H groups in total. The Hall–Kier alpha value is -2.55. The number of alkyl halides is 2. The van der Waals surface area contributed by atoms with Crippen LogP contribution in [0.4, 0.5) is 14.6 Å². The monoisotopic (exact) mass is 403 g/mol. The molecule has 6 nitrogen and oxygen atoms in total. The zero-order chi connectivity index (χ0) is 20.1. The summed E-state index contributed by atoms with van der Waals surface area (Å²) in [7, 11) is 0. The molecule has 146 valence electrons. The topological polar surface area (TPSA) is 72.7 Å². The van der Waals surface area contributed by atoms with E-state index in [-0.39, 0.29) is 5.91 Å². The lowest BCUT2D eigenvalue weighted by Crippen LogP contribution is -2.13. The third-order valence-electron chi connectivity index (χ3n) is 4.27. The summed E-state index contributed by atoms with van der Waals surface area (Å²) in [6.45, 7) is 3.86. The van der Waals surface area contributed by atoms with Gasteiger partial charge in [-0.2, -0.15) is 8.78 Å². The second-order valence-electron chi connectivity index (χ2n) is 7.05. The fourth-order valence-electron chi connectivity index (χ4n) is 2.87. The predicted octanol–water partition coefficient (Wildman–Crippen LogP) is 4.53. The lowest BCUT2D eigenvalue weighted by atomic mass is 10.1. The molecular formula is C19H19F2N5OS. The van der Waals surface area contributed by atoms with E-state index in [1.807, 2.05) is 10.2 Å². The van der Waals surface area contributed by atoms with Crippen molar-refractivity contribution >= 4 is 34.6 Å². The molecule has 0 bridgehead atoms. The maximum Gasteiger partial charge on any atom is 0.303 e. The highest BCUT2D eigenvalue weighted by molar-refractivity contribution is 7.98. The zero-order valence-corrected chi connectivity index (χ0v) is 16.5. The number of amides is 1. The summed E-state index contributed by atoms with van der Waals surface area (Å²) >= 11 is 1.69. The molecule has 9 heteroatoms. The average molecular weight is 403 g/mol. The van der Waals surface area contributed by atoms with E-state index in [4.69, 9.17) is 0 Å². The highest BCUT2D eigenvalue weighted by Gasteiger charge is 2.30. The molecule has 0 atom stereocenters. The molecule has 1 fully saturated rings. The number of nitrogens with one attached hydrogen (secondary N) is 1. The second-order valence-corrected chi connectivity index (χ2v) is 8.32. The van der Waals surface area contributed by atoms with Gasteiger partial charge in [0, 0.05) is 41.9 Å². The van der Waals surface area contributed by atoms with Gasteiger partial charge in [0.15, 0.2) is 5.82 Å². The quantitative estimate of drug-likeness (QED) is 0.678. The molecule has 1 aliphatic carbocycles. The van der Waals surface area contributed by atoms with Crippen molar-refractivity contribution in [2.24, 2.45) is 0 Å². The van der Waals surface area contributed by atoms with Crippen LogP contribution < -0.4 is 5.32 Å². The number of pyridine rings is 1. The molecule has 1 amide bonds. The van der Waals surface area contributed by atoms with Crippen molar-refractivity contribution in [3.8, 4) is 11.3 Å². The van der Waals surface area contributed by atoms with Crippen molar-refractivity contribution < 1.29 is 13.6 Å². The minimum absolute atomic E-state index is 0.231. The van der Waals surface area contributed by atoms with E-state index in [0.29, 0.717) is 28.0 Å². The van der Waals surface area contributed by atoms with Crippen LogP contribution in [0.25, 0.3) is 22.2 Å². The first-order valence-electron chi connectivity index (χ1n) is 8.91. The van der Waals surface area contributed by atoms with Crippen molar-refractivity contribution in [3.05, 3.63) is 36.0 Å². The van der Waals surface area contributed by atoms with E-state index in [1.54, 1.807) is 37.2 Å². The summed E-state index contributed by atoms with van der Waals surface area (Å²) in [6, 6.07) is 3.44.